The highest BCUT2D eigenvalue weighted by Crippen LogP contribution is 2.52. The first-order chi connectivity index (χ1) is 12.2. The van der Waals surface area contributed by atoms with Gasteiger partial charge in [0.25, 0.3) is 0 Å². The monoisotopic (exact) mass is 349 g/mol. The van der Waals surface area contributed by atoms with Crippen LogP contribution in [0.4, 0.5) is 17.1 Å². The Hall–Kier alpha value is -2.59. The SMILES string of the molecule is COc1ccc2c(c1)Sc1cc(OC)ccc1N2c1ccc(C)cc1. The molecule has 0 aromatic heterocycles. The molecule has 3 aromatic rings. The Kier molecular flexibility index (Phi) is 4.06. The molecule has 1 heterocycles. The summed E-state index contributed by atoms with van der Waals surface area (Å²) in [6.45, 7) is 2.10. The van der Waals surface area contributed by atoms with Gasteiger partial charge in [0.1, 0.15) is 11.5 Å². The first-order valence-electron chi connectivity index (χ1n) is 8.10. The van der Waals surface area contributed by atoms with Gasteiger partial charge < -0.3 is 14.4 Å². The molecule has 0 fully saturated rings. The van der Waals surface area contributed by atoms with Crippen LogP contribution in [0.5, 0.6) is 11.5 Å². The second kappa shape index (κ2) is 6.37. The van der Waals surface area contributed by atoms with E-state index in [1.54, 1.807) is 26.0 Å². The van der Waals surface area contributed by atoms with Crippen LogP contribution in [0.2, 0.25) is 0 Å². The van der Waals surface area contributed by atoms with E-state index in [0.717, 1.165) is 28.6 Å². The third-order valence-corrected chi connectivity index (χ3v) is 5.42. The molecule has 0 N–H and O–H groups in total. The average molecular weight is 349 g/mol. The normalized spacial score (nSPS) is 12.4. The van der Waals surface area contributed by atoms with Crippen molar-refractivity contribution in [3.63, 3.8) is 0 Å². The molecule has 25 heavy (non-hydrogen) atoms. The highest BCUT2D eigenvalue weighted by Gasteiger charge is 2.25. The van der Waals surface area contributed by atoms with Crippen LogP contribution in [0.3, 0.4) is 0 Å². The number of hydrogen-bond acceptors (Lipinski definition) is 4. The summed E-state index contributed by atoms with van der Waals surface area (Å²) in [4.78, 5) is 4.63. The topological polar surface area (TPSA) is 21.7 Å². The van der Waals surface area contributed by atoms with Gasteiger partial charge in [0, 0.05) is 15.5 Å². The fourth-order valence-electron chi connectivity index (χ4n) is 3.00. The largest absolute Gasteiger partial charge is 0.497 e. The summed E-state index contributed by atoms with van der Waals surface area (Å²) in [5, 5.41) is 0. The summed E-state index contributed by atoms with van der Waals surface area (Å²) < 4.78 is 10.8. The Balaban J connectivity index is 1.91. The zero-order chi connectivity index (χ0) is 17.4. The molecule has 3 aromatic carbocycles. The molecule has 0 atom stereocenters. The van der Waals surface area contributed by atoms with Crippen molar-refractivity contribution in [1.29, 1.82) is 0 Å². The van der Waals surface area contributed by atoms with Gasteiger partial charge in [0.15, 0.2) is 0 Å². The molecule has 0 bridgehead atoms. The molecule has 0 saturated heterocycles. The maximum Gasteiger partial charge on any atom is 0.120 e. The quantitative estimate of drug-likeness (QED) is 0.456. The van der Waals surface area contributed by atoms with Crippen LogP contribution < -0.4 is 14.4 Å². The Bertz CT molecular complexity index is 868. The van der Waals surface area contributed by atoms with Crippen molar-refractivity contribution >= 4 is 28.8 Å². The molecule has 126 valence electrons. The van der Waals surface area contributed by atoms with Gasteiger partial charge in [0.2, 0.25) is 0 Å². The lowest BCUT2D eigenvalue weighted by Gasteiger charge is -2.33. The number of rotatable bonds is 3. The molecule has 1 aliphatic rings. The Morgan fingerprint density at radius 3 is 1.72 bits per heavy atom. The number of benzene rings is 3. The van der Waals surface area contributed by atoms with Crippen LogP contribution >= 0.6 is 11.8 Å². The van der Waals surface area contributed by atoms with E-state index in [2.05, 4.69) is 60.4 Å². The predicted molar refractivity (Wildman–Crippen MR) is 103 cm³/mol. The van der Waals surface area contributed by atoms with Gasteiger partial charge in [-0.25, -0.2) is 0 Å². The molecule has 0 radical (unpaired) electrons. The molecule has 0 amide bonds. The van der Waals surface area contributed by atoms with Crippen molar-refractivity contribution in [2.45, 2.75) is 16.7 Å². The standard InChI is InChI=1S/C21H19NO2S/c1-14-4-6-15(7-5-14)22-18-10-8-16(23-2)12-20(18)25-21-13-17(24-3)9-11-19(21)22/h4-13H,1-3H3. The molecule has 4 rings (SSSR count). The number of aryl methyl sites for hydroxylation is 1. The van der Waals surface area contributed by atoms with E-state index in [9.17, 15) is 0 Å². The first kappa shape index (κ1) is 15.9. The molecular weight excluding hydrogens is 330 g/mol. The molecule has 0 spiro atoms. The van der Waals surface area contributed by atoms with Crippen molar-refractivity contribution in [2.75, 3.05) is 19.1 Å². The van der Waals surface area contributed by atoms with Crippen LogP contribution in [0.1, 0.15) is 5.56 Å². The molecule has 4 heteroatoms. The van der Waals surface area contributed by atoms with Crippen LogP contribution in [0.25, 0.3) is 0 Å². The Labute approximate surface area is 152 Å². The van der Waals surface area contributed by atoms with E-state index >= 15 is 0 Å². The number of methoxy groups -OCH3 is 2. The van der Waals surface area contributed by atoms with Gasteiger partial charge in [-0.05, 0) is 55.5 Å². The summed E-state index contributed by atoms with van der Waals surface area (Å²) in [6, 6.07) is 21.0. The number of anilines is 3. The lowest BCUT2D eigenvalue weighted by atomic mass is 10.1. The summed E-state index contributed by atoms with van der Waals surface area (Å²) in [7, 11) is 3.40. The van der Waals surface area contributed by atoms with Crippen LogP contribution in [0, 0.1) is 6.92 Å². The second-order valence-corrected chi connectivity index (χ2v) is 7.02. The van der Waals surface area contributed by atoms with Crippen molar-refractivity contribution in [3.05, 3.63) is 66.2 Å². The number of fused-ring (bicyclic) bond motifs is 2. The van der Waals surface area contributed by atoms with E-state index in [1.165, 1.54) is 15.4 Å². The van der Waals surface area contributed by atoms with E-state index in [1.807, 2.05) is 12.1 Å². The van der Waals surface area contributed by atoms with Gasteiger partial charge in [-0.2, -0.15) is 0 Å². The van der Waals surface area contributed by atoms with Crippen molar-refractivity contribution in [3.8, 4) is 11.5 Å². The van der Waals surface area contributed by atoms with Crippen LogP contribution in [-0.2, 0) is 0 Å². The zero-order valence-electron chi connectivity index (χ0n) is 14.4. The highest BCUT2D eigenvalue weighted by molar-refractivity contribution is 7.99. The summed E-state index contributed by atoms with van der Waals surface area (Å²) in [5.74, 6) is 1.72. The average Bonchev–Trinajstić information content (AvgIpc) is 2.66. The first-order valence-corrected chi connectivity index (χ1v) is 8.92. The zero-order valence-corrected chi connectivity index (χ0v) is 15.3. The van der Waals surface area contributed by atoms with Gasteiger partial charge in [-0.3, -0.25) is 0 Å². The van der Waals surface area contributed by atoms with E-state index < -0.39 is 0 Å². The smallest absolute Gasteiger partial charge is 0.120 e. The Morgan fingerprint density at radius 2 is 1.24 bits per heavy atom. The van der Waals surface area contributed by atoms with Crippen LogP contribution in [0.15, 0.2) is 70.5 Å². The van der Waals surface area contributed by atoms with Crippen LogP contribution in [-0.4, -0.2) is 14.2 Å². The molecular formula is C21H19NO2S. The molecule has 0 unspecified atom stereocenters. The minimum absolute atomic E-state index is 0.862. The van der Waals surface area contributed by atoms with Gasteiger partial charge in [-0.15, -0.1) is 0 Å². The Morgan fingerprint density at radius 1 is 0.720 bits per heavy atom. The molecule has 0 aliphatic carbocycles. The van der Waals surface area contributed by atoms with Gasteiger partial charge in [-0.1, -0.05) is 29.5 Å². The minimum atomic E-state index is 0.862. The van der Waals surface area contributed by atoms with Crippen molar-refractivity contribution in [2.24, 2.45) is 0 Å². The number of nitrogens with zero attached hydrogens (tertiary/aromatic N) is 1. The second-order valence-electron chi connectivity index (χ2n) is 5.94. The summed E-state index contributed by atoms with van der Waals surface area (Å²) in [5.41, 5.74) is 4.71. The summed E-state index contributed by atoms with van der Waals surface area (Å²) >= 11 is 1.74. The number of ether oxygens (including phenoxy) is 2. The fourth-order valence-corrected chi connectivity index (χ4v) is 4.11. The third kappa shape index (κ3) is 2.83. The van der Waals surface area contributed by atoms with E-state index in [0.29, 0.717) is 0 Å². The summed E-state index contributed by atoms with van der Waals surface area (Å²) in [6.07, 6.45) is 0. The maximum atomic E-state index is 5.41. The maximum absolute atomic E-state index is 5.41. The lowest BCUT2D eigenvalue weighted by Crippen LogP contribution is -2.15. The van der Waals surface area contributed by atoms with Gasteiger partial charge in [0.05, 0.1) is 25.6 Å². The van der Waals surface area contributed by atoms with Gasteiger partial charge >= 0.3 is 0 Å². The van der Waals surface area contributed by atoms with Crippen molar-refractivity contribution < 1.29 is 9.47 Å². The number of hydrogen-bond donors (Lipinski definition) is 0. The van der Waals surface area contributed by atoms with E-state index in [4.69, 9.17) is 9.47 Å². The van der Waals surface area contributed by atoms with E-state index in [-0.39, 0.29) is 0 Å². The predicted octanol–water partition coefficient (Wildman–Crippen LogP) is 5.95. The molecule has 3 nitrogen and oxygen atoms in total. The minimum Gasteiger partial charge on any atom is -0.497 e. The third-order valence-electron chi connectivity index (χ3n) is 4.33. The lowest BCUT2D eigenvalue weighted by molar-refractivity contribution is 0.413. The highest BCUT2D eigenvalue weighted by atomic mass is 32.2. The molecule has 1 aliphatic heterocycles. The molecule has 0 saturated carbocycles. The van der Waals surface area contributed by atoms with Crippen molar-refractivity contribution in [1.82, 2.24) is 0 Å². The fraction of sp³-hybridized carbons (Fsp3) is 0.143.